The molecule has 3 aliphatic rings. The maximum absolute atomic E-state index is 5.97. The third-order valence-corrected chi connectivity index (χ3v) is 6.22. The Kier molecular flexibility index (Phi) is 6.28. The molecule has 4 rings (SSSR count). The molecule has 1 N–H and O–H groups in total. The van der Waals surface area contributed by atoms with Gasteiger partial charge in [0.2, 0.25) is 0 Å². The maximum Gasteiger partial charge on any atom is 0.139 e. The highest BCUT2D eigenvalue weighted by atomic mass is 16.5. The molecule has 0 amide bonds. The normalized spacial score (nSPS) is 24.6. The quantitative estimate of drug-likeness (QED) is 0.771. The zero-order valence-corrected chi connectivity index (χ0v) is 15.9. The predicted molar refractivity (Wildman–Crippen MR) is 104 cm³/mol. The van der Waals surface area contributed by atoms with Crippen LogP contribution in [0.15, 0.2) is 18.5 Å². The van der Waals surface area contributed by atoms with Crippen molar-refractivity contribution in [1.29, 1.82) is 0 Å². The summed E-state index contributed by atoms with van der Waals surface area (Å²) in [6, 6.07) is 2.65. The number of ether oxygens (including phenoxy) is 2. The van der Waals surface area contributed by atoms with E-state index >= 15 is 0 Å². The van der Waals surface area contributed by atoms with Gasteiger partial charge in [-0.25, -0.2) is 0 Å². The summed E-state index contributed by atoms with van der Waals surface area (Å²) in [5.41, 5.74) is 1.20. The fraction of sp³-hybridized carbons (Fsp3) is 0.762. The highest BCUT2D eigenvalue weighted by molar-refractivity contribution is 5.48. The second-order valence-corrected chi connectivity index (χ2v) is 8.13. The average Bonchev–Trinajstić information content (AvgIpc) is 3.16. The van der Waals surface area contributed by atoms with Gasteiger partial charge in [0.1, 0.15) is 12.4 Å². The third-order valence-electron chi connectivity index (χ3n) is 6.22. The Morgan fingerprint density at radius 1 is 1.08 bits per heavy atom. The topological polar surface area (TPSA) is 46.6 Å². The highest BCUT2D eigenvalue weighted by Gasteiger charge is 2.22. The molecule has 3 heterocycles. The van der Waals surface area contributed by atoms with E-state index in [4.69, 9.17) is 9.47 Å². The van der Waals surface area contributed by atoms with Crippen LogP contribution in [0.3, 0.4) is 0 Å². The molecule has 0 unspecified atom stereocenters. The minimum absolute atomic E-state index is 0.497. The Hall–Kier alpha value is -1.33. The molecule has 2 aliphatic heterocycles. The molecular weight excluding hydrogens is 326 g/mol. The summed E-state index contributed by atoms with van der Waals surface area (Å²) in [6.45, 7) is 5.05. The first-order valence-electron chi connectivity index (χ1n) is 10.5. The van der Waals surface area contributed by atoms with E-state index in [-0.39, 0.29) is 0 Å². The molecule has 1 atom stereocenters. The van der Waals surface area contributed by atoms with E-state index in [1.807, 2.05) is 12.4 Å². The van der Waals surface area contributed by atoms with Gasteiger partial charge in [-0.05, 0) is 63.8 Å². The van der Waals surface area contributed by atoms with Crippen LogP contribution in [-0.2, 0) is 4.74 Å². The number of piperidine rings is 1. The predicted octanol–water partition coefficient (Wildman–Crippen LogP) is 3.39. The van der Waals surface area contributed by atoms with Gasteiger partial charge in [-0.3, -0.25) is 4.98 Å². The van der Waals surface area contributed by atoms with E-state index < -0.39 is 0 Å². The number of nitrogens with one attached hydrogen (secondary N) is 1. The molecule has 1 saturated carbocycles. The van der Waals surface area contributed by atoms with Crippen LogP contribution < -0.4 is 15.0 Å². The van der Waals surface area contributed by atoms with Crippen LogP contribution in [0.4, 0.5) is 5.69 Å². The zero-order chi connectivity index (χ0) is 17.6. The first-order valence-corrected chi connectivity index (χ1v) is 10.5. The highest BCUT2D eigenvalue weighted by Crippen LogP contribution is 2.28. The van der Waals surface area contributed by atoms with E-state index in [0.717, 1.165) is 44.5 Å². The lowest BCUT2D eigenvalue weighted by atomic mass is 9.93. The van der Waals surface area contributed by atoms with Crippen LogP contribution in [0.2, 0.25) is 0 Å². The van der Waals surface area contributed by atoms with Crippen molar-refractivity contribution in [3.05, 3.63) is 18.5 Å². The lowest BCUT2D eigenvalue weighted by Crippen LogP contribution is -2.34. The summed E-state index contributed by atoms with van der Waals surface area (Å²) in [5.74, 6) is 1.71. The van der Waals surface area contributed by atoms with Gasteiger partial charge < -0.3 is 19.7 Å². The van der Waals surface area contributed by atoms with E-state index in [1.54, 1.807) is 0 Å². The maximum atomic E-state index is 5.97. The number of nitrogens with zero attached hydrogens (tertiary/aromatic N) is 2. The van der Waals surface area contributed by atoms with Crippen LogP contribution in [-0.4, -0.2) is 50.0 Å². The summed E-state index contributed by atoms with van der Waals surface area (Å²) in [6.07, 6.45) is 14.5. The fourth-order valence-corrected chi connectivity index (χ4v) is 4.17. The molecular formula is C21H33N3O2. The molecule has 26 heavy (non-hydrogen) atoms. The van der Waals surface area contributed by atoms with Crippen molar-refractivity contribution < 1.29 is 9.47 Å². The smallest absolute Gasteiger partial charge is 0.139 e. The largest absolute Gasteiger partial charge is 0.490 e. The van der Waals surface area contributed by atoms with Gasteiger partial charge in [-0.2, -0.15) is 0 Å². The van der Waals surface area contributed by atoms with Gasteiger partial charge in [-0.15, -0.1) is 0 Å². The van der Waals surface area contributed by atoms with Crippen molar-refractivity contribution in [2.75, 3.05) is 37.7 Å². The number of hydrogen-bond acceptors (Lipinski definition) is 5. The Morgan fingerprint density at radius 2 is 1.96 bits per heavy atom. The number of anilines is 1. The summed E-state index contributed by atoms with van der Waals surface area (Å²) in [4.78, 5) is 6.86. The summed E-state index contributed by atoms with van der Waals surface area (Å²) < 4.78 is 11.9. The molecule has 3 fully saturated rings. The fourth-order valence-electron chi connectivity index (χ4n) is 4.17. The van der Waals surface area contributed by atoms with Crippen molar-refractivity contribution in [3.63, 3.8) is 0 Å². The van der Waals surface area contributed by atoms with Crippen molar-refractivity contribution >= 4 is 5.69 Å². The summed E-state index contributed by atoms with van der Waals surface area (Å²) in [5, 5.41) is 3.47. The number of rotatable bonds is 8. The molecule has 1 aromatic heterocycles. The van der Waals surface area contributed by atoms with Crippen molar-refractivity contribution in [1.82, 2.24) is 10.3 Å². The van der Waals surface area contributed by atoms with E-state index in [9.17, 15) is 0 Å². The Morgan fingerprint density at radius 3 is 2.69 bits per heavy atom. The van der Waals surface area contributed by atoms with E-state index in [0.29, 0.717) is 12.1 Å². The first kappa shape index (κ1) is 18.1. The molecule has 0 radical (unpaired) electrons. The van der Waals surface area contributed by atoms with Gasteiger partial charge in [0, 0.05) is 31.8 Å². The summed E-state index contributed by atoms with van der Waals surface area (Å²) >= 11 is 0. The third kappa shape index (κ3) is 4.89. The van der Waals surface area contributed by atoms with E-state index in [1.165, 1.54) is 57.1 Å². The van der Waals surface area contributed by atoms with Crippen molar-refractivity contribution in [3.8, 4) is 5.75 Å². The second kappa shape index (κ2) is 9.05. The van der Waals surface area contributed by atoms with Gasteiger partial charge in [-0.1, -0.05) is 0 Å². The van der Waals surface area contributed by atoms with Crippen molar-refractivity contribution in [2.24, 2.45) is 5.92 Å². The second-order valence-electron chi connectivity index (χ2n) is 8.13. The average molecular weight is 360 g/mol. The zero-order valence-electron chi connectivity index (χ0n) is 15.9. The Bertz CT molecular complexity index is 550. The standard InChI is InChI=1S/C21H33N3O2/c1-4-20(5-1)25-12-8-17-6-10-24(11-7-17)19-13-21(15-22-14-19)26-16-18-3-2-9-23-18/h13-15,17-18,20,23H,1-12,16H2/t18-/m0/s1. The monoisotopic (exact) mass is 359 g/mol. The summed E-state index contributed by atoms with van der Waals surface area (Å²) in [7, 11) is 0. The van der Waals surface area contributed by atoms with Gasteiger partial charge in [0.15, 0.2) is 0 Å². The van der Waals surface area contributed by atoms with Gasteiger partial charge in [0.05, 0.1) is 24.2 Å². The molecule has 0 aromatic carbocycles. The minimum atomic E-state index is 0.497. The van der Waals surface area contributed by atoms with Crippen LogP contribution >= 0.6 is 0 Å². The SMILES string of the molecule is c1ncc(N2CCC(CCOC3CCC3)CC2)cc1OC[C@@H]1CCCN1. The molecule has 0 spiro atoms. The molecule has 144 valence electrons. The van der Waals surface area contributed by atoms with Crippen LogP contribution in [0.25, 0.3) is 0 Å². The Labute approximate surface area is 157 Å². The molecule has 1 aromatic rings. The van der Waals surface area contributed by atoms with Crippen LogP contribution in [0, 0.1) is 5.92 Å². The molecule has 2 saturated heterocycles. The molecule has 5 heteroatoms. The molecule has 5 nitrogen and oxygen atoms in total. The van der Waals surface area contributed by atoms with Crippen molar-refractivity contribution in [2.45, 2.75) is 63.5 Å². The van der Waals surface area contributed by atoms with Crippen LogP contribution in [0.1, 0.15) is 51.4 Å². The lowest BCUT2D eigenvalue weighted by Gasteiger charge is -2.34. The Balaban J connectivity index is 1.20. The van der Waals surface area contributed by atoms with E-state index in [2.05, 4.69) is 21.3 Å². The molecule has 1 aliphatic carbocycles. The minimum Gasteiger partial charge on any atom is -0.490 e. The number of pyridine rings is 1. The van der Waals surface area contributed by atoms with Gasteiger partial charge in [0.25, 0.3) is 0 Å². The van der Waals surface area contributed by atoms with Crippen LogP contribution in [0.5, 0.6) is 5.75 Å². The molecule has 0 bridgehead atoms. The van der Waals surface area contributed by atoms with Gasteiger partial charge >= 0.3 is 0 Å². The first-order chi connectivity index (χ1) is 12.9. The lowest BCUT2D eigenvalue weighted by molar-refractivity contribution is -0.00466. The number of hydrogen-bond donors (Lipinski definition) is 1. The number of aromatic nitrogens is 1.